The Morgan fingerprint density at radius 1 is 1.14 bits per heavy atom. The molecule has 0 N–H and O–H groups in total. The van der Waals surface area contributed by atoms with Gasteiger partial charge in [0.25, 0.3) is 0 Å². The second kappa shape index (κ2) is 5.89. The van der Waals surface area contributed by atoms with Gasteiger partial charge < -0.3 is 9.47 Å². The lowest BCUT2D eigenvalue weighted by molar-refractivity contribution is 0.171. The summed E-state index contributed by atoms with van der Waals surface area (Å²) in [6.45, 7) is 3.07. The molecule has 0 radical (unpaired) electrons. The molecular weight excluding hydrogens is 296 g/mol. The van der Waals surface area contributed by atoms with Crippen LogP contribution < -0.4 is 9.47 Å². The van der Waals surface area contributed by atoms with E-state index in [4.69, 9.17) is 14.5 Å². The first kappa shape index (κ1) is 14.0. The van der Waals surface area contributed by atoms with E-state index >= 15 is 0 Å². The standard InChI is InChI=1S/C17H20N2O2S/c1-19(11-17-18-13-3-2-4-16(13)22-17)10-12-5-6-14-15(9-12)21-8-7-20-14/h5-6,9H,2-4,7-8,10-11H2,1H3. The van der Waals surface area contributed by atoms with E-state index < -0.39 is 0 Å². The molecule has 1 aromatic heterocycles. The number of aryl methyl sites for hydroxylation is 2. The summed E-state index contributed by atoms with van der Waals surface area (Å²) < 4.78 is 11.2. The van der Waals surface area contributed by atoms with Crippen LogP contribution in [0.25, 0.3) is 0 Å². The van der Waals surface area contributed by atoms with Crippen LogP contribution in [-0.2, 0) is 25.9 Å². The summed E-state index contributed by atoms with van der Waals surface area (Å²) in [6, 6.07) is 6.22. The van der Waals surface area contributed by atoms with Crippen molar-refractivity contribution in [2.75, 3.05) is 20.3 Å². The fraction of sp³-hybridized carbons (Fsp3) is 0.471. The molecule has 2 aliphatic rings. The van der Waals surface area contributed by atoms with Crippen molar-refractivity contribution in [2.24, 2.45) is 0 Å². The maximum absolute atomic E-state index is 5.65. The second-order valence-electron chi connectivity index (χ2n) is 5.98. The van der Waals surface area contributed by atoms with E-state index in [9.17, 15) is 0 Å². The third kappa shape index (κ3) is 2.83. The molecule has 0 unspecified atom stereocenters. The Morgan fingerprint density at radius 2 is 2.00 bits per heavy atom. The van der Waals surface area contributed by atoms with E-state index in [1.54, 1.807) is 0 Å². The van der Waals surface area contributed by atoms with Gasteiger partial charge in [-0.25, -0.2) is 4.98 Å². The summed E-state index contributed by atoms with van der Waals surface area (Å²) in [5, 5.41) is 1.24. The Hall–Kier alpha value is -1.59. The van der Waals surface area contributed by atoms with Crippen LogP contribution >= 0.6 is 11.3 Å². The van der Waals surface area contributed by atoms with Crippen molar-refractivity contribution < 1.29 is 9.47 Å². The van der Waals surface area contributed by atoms with Crippen molar-refractivity contribution in [3.63, 3.8) is 0 Å². The number of hydrogen-bond donors (Lipinski definition) is 0. The van der Waals surface area contributed by atoms with Gasteiger partial charge in [0.15, 0.2) is 11.5 Å². The monoisotopic (exact) mass is 316 g/mol. The zero-order chi connectivity index (χ0) is 14.9. The smallest absolute Gasteiger partial charge is 0.161 e. The van der Waals surface area contributed by atoms with Crippen LogP contribution in [0.3, 0.4) is 0 Å². The topological polar surface area (TPSA) is 34.6 Å². The summed E-state index contributed by atoms with van der Waals surface area (Å²) in [4.78, 5) is 8.58. The van der Waals surface area contributed by atoms with Crippen LogP contribution in [0.1, 0.15) is 27.6 Å². The molecular formula is C17H20N2O2S. The molecule has 0 fully saturated rings. The summed E-state index contributed by atoms with van der Waals surface area (Å²) in [5.74, 6) is 1.72. The molecule has 2 heterocycles. The van der Waals surface area contributed by atoms with E-state index in [-0.39, 0.29) is 0 Å². The van der Waals surface area contributed by atoms with Crippen LogP contribution in [0.4, 0.5) is 0 Å². The van der Waals surface area contributed by atoms with Crippen molar-refractivity contribution in [1.29, 1.82) is 0 Å². The number of benzene rings is 1. The Morgan fingerprint density at radius 3 is 2.86 bits per heavy atom. The van der Waals surface area contributed by atoms with Gasteiger partial charge in [-0.05, 0) is 44.0 Å². The predicted molar refractivity (Wildman–Crippen MR) is 86.7 cm³/mol. The molecule has 1 aliphatic heterocycles. The minimum atomic E-state index is 0.636. The van der Waals surface area contributed by atoms with Gasteiger partial charge in [-0.3, -0.25) is 4.90 Å². The molecule has 4 nitrogen and oxygen atoms in total. The molecule has 0 bridgehead atoms. The number of aromatic nitrogens is 1. The van der Waals surface area contributed by atoms with Gasteiger partial charge in [0.1, 0.15) is 18.2 Å². The fourth-order valence-corrected chi connectivity index (χ4v) is 4.33. The Labute approximate surface area is 134 Å². The second-order valence-corrected chi connectivity index (χ2v) is 7.15. The highest BCUT2D eigenvalue weighted by Gasteiger charge is 2.18. The normalized spacial score (nSPS) is 16.1. The van der Waals surface area contributed by atoms with E-state index in [0.29, 0.717) is 13.2 Å². The van der Waals surface area contributed by atoms with Crippen LogP contribution in [0, 0.1) is 0 Å². The van der Waals surface area contributed by atoms with E-state index in [0.717, 1.165) is 31.0 Å². The summed E-state index contributed by atoms with van der Waals surface area (Å²) in [7, 11) is 2.14. The van der Waals surface area contributed by atoms with E-state index in [2.05, 4.69) is 24.1 Å². The third-order valence-electron chi connectivity index (χ3n) is 4.10. The first-order chi connectivity index (χ1) is 10.8. The number of hydrogen-bond acceptors (Lipinski definition) is 5. The van der Waals surface area contributed by atoms with Crippen molar-refractivity contribution >= 4 is 11.3 Å². The molecule has 116 valence electrons. The van der Waals surface area contributed by atoms with Crippen LogP contribution in [0.15, 0.2) is 18.2 Å². The highest BCUT2D eigenvalue weighted by Crippen LogP contribution is 2.31. The zero-order valence-corrected chi connectivity index (χ0v) is 13.6. The number of rotatable bonds is 4. The lowest BCUT2D eigenvalue weighted by Crippen LogP contribution is -2.18. The minimum Gasteiger partial charge on any atom is -0.486 e. The average molecular weight is 316 g/mol. The first-order valence-electron chi connectivity index (χ1n) is 7.82. The predicted octanol–water partition coefficient (Wildman–Crippen LogP) is 3.04. The first-order valence-corrected chi connectivity index (χ1v) is 8.64. The Balaban J connectivity index is 1.41. The largest absolute Gasteiger partial charge is 0.486 e. The maximum Gasteiger partial charge on any atom is 0.161 e. The van der Waals surface area contributed by atoms with Crippen LogP contribution in [0.5, 0.6) is 11.5 Å². The lowest BCUT2D eigenvalue weighted by atomic mass is 10.2. The molecule has 0 atom stereocenters. The van der Waals surface area contributed by atoms with Gasteiger partial charge in [-0.1, -0.05) is 6.07 Å². The van der Waals surface area contributed by atoms with E-state index in [1.165, 1.54) is 34.0 Å². The SMILES string of the molecule is CN(Cc1ccc2c(c1)OCCO2)Cc1nc2c(s1)CCC2. The van der Waals surface area contributed by atoms with Crippen molar-refractivity contribution in [1.82, 2.24) is 9.88 Å². The molecule has 4 rings (SSSR count). The highest BCUT2D eigenvalue weighted by molar-refractivity contribution is 7.11. The van der Waals surface area contributed by atoms with Crippen molar-refractivity contribution in [3.8, 4) is 11.5 Å². The average Bonchev–Trinajstić information content (AvgIpc) is 3.08. The number of nitrogens with zero attached hydrogens (tertiary/aromatic N) is 2. The molecule has 0 saturated carbocycles. The van der Waals surface area contributed by atoms with Gasteiger partial charge in [-0.2, -0.15) is 0 Å². The molecule has 22 heavy (non-hydrogen) atoms. The van der Waals surface area contributed by atoms with Crippen LogP contribution in [0.2, 0.25) is 0 Å². The molecule has 0 saturated heterocycles. The Bertz CT molecular complexity index is 662. The van der Waals surface area contributed by atoms with Crippen molar-refractivity contribution in [2.45, 2.75) is 32.4 Å². The van der Waals surface area contributed by atoms with Crippen LogP contribution in [-0.4, -0.2) is 30.1 Å². The summed E-state index contributed by atoms with van der Waals surface area (Å²) >= 11 is 1.89. The van der Waals surface area contributed by atoms with Gasteiger partial charge >= 0.3 is 0 Å². The fourth-order valence-electron chi connectivity index (χ4n) is 3.10. The van der Waals surface area contributed by atoms with Gasteiger partial charge in [0.2, 0.25) is 0 Å². The Kier molecular flexibility index (Phi) is 3.76. The maximum atomic E-state index is 5.65. The molecule has 1 aliphatic carbocycles. The van der Waals surface area contributed by atoms with Gasteiger partial charge in [-0.15, -0.1) is 11.3 Å². The number of thiazole rings is 1. The molecule has 2 aromatic rings. The third-order valence-corrected chi connectivity index (χ3v) is 5.25. The van der Waals surface area contributed by atoms with E-state index in [1.807, 2.05) is 17.4 Å². The van der Waals surface area contributed by atoms with Gasteiger partial charge in [0, 0.05) is 11.4 Å². The quantitative estimate of drug-likeness (QED) is 0.868. The van der Waals surface area contributed by atoms with Crippen molar-refractivity contribution in [3.05, 3.63) is 39.3 Å². The summed E-state index contributed by atoms with van der Waals surface area (Å²) in [6.07, 6.45) is 3.66. The minimum absolute atomic E-state index is 0.636. The summed E-state index contributed by atoms with van der Waals surface area (Å²) in [5.41, 5.74) is 2.59. The van der Waals surface area contributed by atoms with Gasteiger partial charge in [0.05, 0.1) is 12.2 Å². The lowest BCUT2D eigenvalue weighted by Gasteiger charge is -2.20. The molecule has 1 aromatic carbocycles. The number of fused-ring (bicyclic) bond motifs is 2. The highest BCUT2D eigenvalue weighted by atomic mass is 32.1. The molecule has 0 amide bonds. The zero-order valence-electron chi connectivity index (χ0n) is 12.8. The molecule has 5 heteroatoms. The molecule has 0 spiro atoms. The number of ether oxygens (including phenoxy) is 2.